The van der Waals surface area contributed by atoms with Gasteiger partial charge in [-0.25, -0.2) is 4.79 Å². The second-order valence-electron chi connectivity index (χ2n) is 3.17. The number of methoxy groups -OCH3 is 1. The van der Waals surface area contributed by atoms with Crippen LogP contribution in [0, 0.1) is 0 Å². The zero-order valence-corrected chi connectivity index (χ0v) is 9.09. The lowest BCUT2D eigenvalue weighted by Gasteiger charge is -2.07. The molecule has 0 saturated carbocycles. The van der Waals surface area contributed by atoms with Crippen molar-refractivity contribution in [3.8, 4) is 0 Å². The fourth-order valence-corrected chi connectivity index (χ4v) is 1.25. The van der Waals surface area contributed by atoms with Gasteiger partial charge in [-0.3, -0.25) is 0 Å². The van der Waals surface area contributed by atoms with E-state index >= 15 is 0 Å². The van der Waals surface area contributed by atoms with Crippen LogP contribution in [0.1, 0.15) is 11.7 Å². The molecule has 0 amide bonds. The van der Waals surface area contributed by atoms with Crippen molar-refractivity contribution in [2.45, 2.75) is 6.10 Å². The van der Waals surface area contributed by atoms with E-state index in [0.29, 0.717) is 5.56 Å². The summed E-state index contributed by atoms with van der Waals surface area (Å²) in [6, 6.07) is 9.04. The Balaban J connectivity index is 2.90. The first-order chi connectivity index (χ1) is 7.69. The van der Waals surface area contributed by atoms with Gasteiger partial charge in [-0.2, -0.15) is 0 Å². The number of esters is 1. The predicted octanol–water partition coefficient (Wildman–Crippen LogP) is 2.01. The van der Waals surface area contributed by atoms with Gasteiger partial charge in [-0.05, 0) is 11.6 Å². The lowest BCUT2D eigenvalue weighted by atomic mass is 10.1. The van der Waals surface area contributed by atoms with E-state index in [0.717, 1.165) is 0 Å². The van der Waals surface area contributed by atoms with E-state index in [1.54, 1.807) is 12.1 Å². The van der Waals surface area contributed by atoms with Gasteiger partial charge in [0.05, 0.1) is 18.8 Å². The van der Waals surface area contributed by atoms with Crippen LogP contribution < -0.4 is 0 Å². The largest absolute Gasteiger partial charge is 0.465 e. The van der Waals surface area contributed by atoms with Gasteiger partial charge in [0.15, 0.2) is 0 Å². The maximum absolute atomic E-state index is 11.2. The Bertz CT molecular complexity index is 393. The van der Waals surface area contributed by atoms with Crippen LogP contribution in [0.5, 0.6) is 0 Å². The van der Waals surface area contributed by atoms with Gasteiger partial charge in [-0.15, -0.1) is 0 Å². The summed E-state index contributed by atoms with van der Waals surface area (Å²) in [5.41, 5.74) is 0.963. The Kier molecular flexibility index (Phi) is 4.48. The SMILES string of the molecule is C=C/C(=C\C(O)c1ccccc1)C(=O)OC. The summed E-state index contributed by atoms with van der Waals surface area (Å²) in [6.07, 6.45) is 1.93. The molecular weight excluding hydrogens is 204 g/mol. The Labute approximate surface area is 94.7 Å². The number of hydrogen-bond donors (Lipinski definition) is 1. The van der Waals surface area contributed by atoms with Crippen molar-refractivity contribution >= 4 is 5.97 Å². The first-order valence-corrected chi connectivity index (χ1v) is 4.84. The minimum Gasteiger partial charge on any atom is -0.465 e. The topological polar surface area (TPSA) is 46.5 Å². The Hall–Kier alpha value is -1.87. The van der Waals surface area contributed by atoms with Gasteiger partial charge in [0.25, 0.3) is 0 Å². The van der Waals surface area contributed by atoms with Crippen molar-refractivity contribution in [2.75, 3.05) is 7.11 Å². The smallest absolute Gasteiger partial charge is 0.337 e. The number of hydrogen-bond acceptors (Lipinski definition) is 3. The summed E-state index contributed by atoms with van der Waals surface area (Å²) in [5, 5.41) is 9.83. The van der Waals surface area contributed by atoms with Crippen LogP contribution in [-0.2, 0) is 9.53 Å². The second-order valence-corrected chi connectivity index (χ2v) is 3.17. The number of aliphatic hydroxyl groups is 1. The van der Waals surface area contributed by atoms with Crippen LogP contribution >= 0.6 is 0 Å². The number of ether oxygens (including phenoxy) is 1. The van der Waals surface area contributed by atoms with Crippen molar-refractivity contribution < 1.29 is 14.6 Å². The molecule has 1 aromatic rings. The van der Waals surface area contributed by atoms with Crippen molar-refractivity contribution in [3.63, 3.8) is 0 Å². The third kappa shape index (κ3) is 3.07. The van der Waals surface area contributed by atoms with Crippen molar-refractivity contribution in [2.24, 2.45) is 0 Å². The number of carbonyl (C=O) groups is 1. The Morgan fingerprint density at radius 1 is 1.44 bits per heavy atom. The minimum atomic E-state index is -0.840. The Morgan fingerprint density at radius 2 is 2.06 bits per heavy atom. The van der Waals surface area contributed by atoms with Crippen LogP contribution in [0.15, 0.2) is 54.6 Å². The lowest BCUT2D eigenvalue weighted by molar-refractivity contribution is -0.135. The lowest BCUT2D eigenvalue weighted by Crippen LogP contribution is -2.05. The summed E-state index contributed by atoms with van der Waals surface area (Å²) in [6.45, 7) is 3.50. The van der Waals surface area contributed by atoms with E-state index < -0.39 is 12.1 Å². The summed E-state index contributed by atoms with van der Waals surface area (Å²) >= 11 is 0. The van der Waals surface area contributed by atoms with Crippen molar-refractivity contribution in [1.29, 1.82) is 0 Å². The highest BCUT2D eigenvalue weighted by Crippen LogP contribution is 2.16. The van der Waals surface area contributed by atoms with Crippen LogP contribution in [0.2, 0.25) is 0 Å². The van der Waals surface area contributed by atoms with Crippen molar-refractivity contribution in [1.82, 2.24) is 0 Å². The molecule has 0 spiro atoms. The molecular formula is C13H14O3. The molecule has 0 heterocycles. The highest BCUT2D eigenvalue weighted by atomic mass is 16.5. The molecule has 1 rings (SSSR count). The van der Waals surface area contributed by atoms with Gasteiger partial charge in [0, 0.05) is 0 Å². The molecule has 0 aliphatic rings. The van der Waals surface area contributed by atoms with Crippen molar-refractivity contribution in [3.05, 3.63) is 60.2 Å². The van der Waals surface area contributed by atoms with Gasteiger partial charge in [0.2, 0.25) is 0 Å². The first-order valence-electron chi connectivity index (χ1n) is 4.84. The molecule has 84 valence electrons. The zero-order chi connectivity index (χ0) is 12.0. The van der Waals surface area contributed by atoms with Gasteiger partial charge in [-0.1, -0.05) is 43.0 Å². The number of benzene rings is 1. The van der Waals surface area contributed by atoms with Crippen LogP contribution in [-0.4, -0.2) is 18.2 Å². The van der Waals surface area contributed by atoms with E-state index in [1.165, 1.54) is 19.3 Å². The van der Waals surface area contributed by atoms with E-state index in [9.17, 15) is 9.90 Å². The minimum absolute atomic E-state index is 0.249. The monoisotopic (exact) mass is 218 g/mol. The average molecular weight is 218 g/mol. The van der Waals surface area contributed by atoms with E-state index in [2.05, 4.69) is 11.3 Å². The molecule has 0 aliphatic carbocycles. The Morgan fingerprint density at radius 3 is 2.56 bits per heavy atom. The van der Waals surface area contributed by atoms with E-state index in [1.807, 2.05) is 18.2 Å². The molecule has 1 N–H and O–H groups in total. The van der Waals surface area contributed by atoms with Gasteiger partial charge >= 0.3 is 5.97 Å². The fourth-order valence-electron chi connectivity index (χ4n) is 1.25. The highest BCUT2D eigenvalue weighted by molar-refractivity contribution is 5.91. The normalized spacial score (nSPS) is 13.0. The second kappa shape index (κ2) is 5.88. The molecule has 0 aliphatic heterocycles. The number of rotatable bonds is 4. The molecule has 0 aromatic heterocycles. The summed E-state index contributed by atoms with van der Waals surface area (Å²) in [7, 11) is 1.29. The molecule has 0 radical (unpaired) electrons. The zero-order valence-electron chi connectivity index (χ0n) is 9.09. The number of aliphatic hydroxyl groups excluding tert-OH is 1. The molecule has 3 nitrogen and oxygen atoms in total. The highest BCUT2D eigenvalue weighted by Gasteiger charge is 2.09. The van der Waals surface area contributed by atoms with Gasteiger partial charge < -0.3 is 9.84 Å². The molecule has 1 atom stereocenters. The standard InChI is InChI=1S/C13H14O3/c1-3-10(13(15)16-2)9-12(14)11-7-5-4-6-8-11/h3-9,12,14H,1H2,2H3/b10-9+. The van der Waals surface area contributed by atoms with Crippen LogP contribution in [0.25, 0.3) is 0 Å². The third-order valence-electron chi connectivity index (χ3n) is 2.12. The molecule has 3 heteroatoms. The molecule has 0 fully saturated rings. The first kappa shape index (κ1) is 12.2. The van der Waals surface area contributed by atoms with E-state index in [4.69, 9.17) is 0 Å². The van der Waals surface area contributed by atoms with E-state index in [-0.39, 0.29) is 5.57 Å². The molecule has 16 heavy (non-hydrogen) atoms. The summed E-state index contributed by atoms with van der Waals surface area (Å²) in [5.74, 6) is -0.509. The quantitative estimate of drug-likeness (QED) is 0.477. The van der Waals surface area contributed by atoms with Gasteiger partial charge in [0.1, 0.15) is 0 Å². The summed E-state index contributed by atoms with van der Waals surface area (Å²) in [4.78, 5) is 11.2. The number of carbonyl (C=O) groups excluding carboxylic acids is 1. The van der Waals surface area contributed by atoms with Crippen LogP contribution in [0.4, 0.5) is 0 Å². The average Bonchev–Trinajstić information content (AvgIpc) is 2.35. The molecule has 0 bridgehead atoms. The molecule has 1 aromatic carbocycles. The fraction of sp³-hybridized carbons (Fsp3) is 0.154. The predicted molar refractivity (Wildman–Crippen MR) is 61.7 cm³/mol. The maximum Gasteiger partial charge on any atom is 0.337 e. The van der Waals surface area contributed by atoms with Crippen LogP contribution in [0.3, 0.4) is 0 Å². The third-order valence-corrected chi connectivity index (χ3v) is 2.12. The maximum atomic E-state index is 11.2. The summed E-state index contributed by atoms with van der Waals surface area (Å²) < 4.78 is 4.55. The molecule has 1 unspecified atom stereocenters. The molecule has 0 saturated heterocycles.